The number of rotatable bonds is 5. The highest BCUT2D eigenvalue weighted by Crippen LogP contribution is 2.33. The fourth-order valence-electron chi connectivity index (χ4n) is 2.88. The van der Waals surface area contributed by atoms with Gasteiger partial charge in [0.2, 0.25) is 5.91 Å². The molecular formula is C23H24N2O2S2. The van der Waals surface area contributed by atoms with Gasteiger partial charge in [-0.1, -0.05) is 87.2 Å². The number of thioether (sulfide) groups is 1. The molecule has 6 heteroatoms. The number of carbonyl (C=O) groups excluding carboxylic acids is 2. The van der Waals surface area contributed by atoms with Crippen LogP contribution in [0.5, 0.6) is 0 Å². The molecule has 0 aromatic heterocycles. The van der Waals surface area contributed by atoms with E-state index in [0.717, 1.165) is 11.3 Å². The Kier molecular flexibility index (Phi) is 6.55. The van der Waals surface area contributed by atoms with Crippen molar-refractivity contribution in [1.29, 1.82) is 0 Å². The number of carbonyl (C=O) groups is 2. The molecule has 1 heterocycles. The number of nitrogens with zero attached hydrogens (tertiary/aromatic N) is 1. The summed E-state index contributed by atoms with van der Waals surface area (Å²) < 4.78 is 0.486. The monoisotopic (exact) mass is 424 g/mol. The van der Waals surface area contributed by atoms with Gasteiger partial charge in [0.1, 0.15) is 4.32 Å². The molecule has 1 aliphatic heterocycles. The zero-order valence-corrected chi connectivity index (χ0v) is 18.4. The summed E-state index contributed by atoms with van der Waals surface area (Å²) in [6.45, 7) is 6.77. The van der Waals surface area contributed by atoms with Crippen LogP contribution < -0.4 is 5.32 Å². The molecule has 0 spiro atoms. The summed E-state index contributed by atoms with van der Waals surface area (Å²) >= 11 is 6.64. The minimum atomic E-state index is -0.146. The van der Waals surface area contributed by atoms with Crippen LogP contribution in [-0.4, -0.2) is 27.6 Å². The number of anilines is 1. The Morgan fingerprint density at radius 3 is 2.38 bits per heavy atom. The third kappa shape index (κ3) is 5.55. The quantitative estimate of drug-likeness (QED) is 0.528. The summed E-state index contributed by atoms with van der Waals surface area (Å²) in [6, 6.07) is 17.4. The molecule has 1 aliphatic rings. The number of hydrogen-bond acceptors (Lipinski definition) is 4. The molecule has 2 aromatic carbocycles. The van der Waals surface area contributed by atoms with E-state index in [4.69, 9.17) is 12.2 Å². The molecule has 0 aliphatic carbocycles. The SMILES string of the molecule is CC(C)(C)c1ccc(/C=C2\SC(=S)N(CCC(=O)Nc3ccccc3)C2=O)cc1. The van der Waals surface area contributed by atoms with Crippen LogP contribution >= 0.6 is 24.0 Å². The van der Waals surface area contributed by atoms with E-state index in [1.165, 1.54) is 22.2 Å². The number of benzene rings is 2. The lowest BCUT2D eigenvalue weighted by molar-refractivity contribution is -0.122. The summed E-state index contributed by atoms with van der Waals surface area (Å²) in [7, 11) is 0. The van der Waals surface area contributed by atoms with Crippen LogP contribution in [0.4, 0.5) is 5.69 Å². The summed E-state index contributed by atoms with van der Waals surface area (Å²) in [5.41, 5.74) is 3.02. The summed E-state index contributed by atoms with van der Waals surface area (Å²) in [5, 5.41) is 2.82. The molecule has 0 radical (unpaired) electrons. The maximum Gasteiger partial charge on any atom is 0.266 e. The van der Waals surface area contributed by atoms with Crippen LogP contribution in [0.1, 0.15) is 38.3 Å². The predicted octanol–water partition coefficient (Wildman–Crippen LogP) is 5.21. The molecule has 2 amide bonds. The number of hydrogen-bond donors (Lipinski definition) is 1. The van der Waals surface area contributed by atoms with E-state index in [9.17, 15) is 9.59 Å². The zero-order valence-electron chi connectivity index (χ0n) is 16.8. The third-order valence-electron chi connectivity index (χ3n) is 4.57. The molecule has 1 saturated heterocycles. The highest BCUT2D eigenvalue weighted by Gasteiger charge is 2.32. The van der Waals surface area contributed by atoms with Gasteiger partial charge < -0.3 is 5.32 Å². The van der Waals surface area contributed by atoms with Gasteiger partial charge in [0.15, 0.2) is 0 Å². The smallest absolute Gasteiger partial charge is 0.266 e. The molecule has 150 valence electrons. The molecule has 0 bridgehead atoms. The summed E-state index contributed by atoms with van der Waals surface area (Å²) in [5.74, 6) is -0.292. The van der Waals surface area contributed by atoms with Crippen LogP contribution in [-0.2, 0) is 15.0 Å². The molecule has 0 unspecified atom stereocenters. The number of para-hydroxylation sites is 1. The van der Waals surface area contributed by atoms with E-state index in [2.05, 4.69) is 38.2 Å². The molecule has 29 heavy (non-hydrogen) atoms. The van der Waals surface area contributed by atoms with Crippen molar-refractivity contribution in [2.75, 3.05) is 11.9 Å². The first-order valence-corrected chi connectivity index (χ1v) is 10.7. The average Bonchev–Trinajstić information content (AvgIpc) is 2.93. The van der Waals surface area contributed by atoms with Gasteiger partial charge in [0.25, 0.3) is 5.91 Å². The van der Waals surface area contributed by atoms with Crippen LogP contribution in [0.25, 0.3) is 6.08 Å². The lowest BCUT2D eigenvalue weighted by atomic mass is 9.87. The average molecular weight is 425 g/mol. The van der Waals surface area contributed by atoms with Gasteiger partial charge >= 0.3 is 0 Å². The van der Waals surface area contributed by atoms with Crippen LogP contribution in [0.3, 0.4) is 0 Å². The van der Waals surface area contributed by atoms with E-state index in [1.54, 1.807) is 0 Å². The Morgan fingerprint density at radius 1 is 1.10 bits per heavy atom. The summed E-state index contributed by atoms with van der Waals surface area (Å²) in [6.07, 6.45) is 2.05. The highest BCUT2D eigenvalue weighted by atomic mass is 32.2. The van der Waals surface area contributed by atoms with Crippen molar-refractivity contribution in [3.63, 3.8) is 0 Å². The Hall–Kier alpha value is -2.44. The highest BCUT2D eigenvalue weighted by molar-refractivity contribution is 8.26. The Bertz CT molecular complexity index is 945. The number of amides is 2. The maximum absolute atomic E-state index is 12.7. The van der Waals surface area contributed by atoms with Crippen molar-refractivity contribution in [1.82, 2.24) is 4.90 Å². The molecule has 1 N–H and O–H groups in total. The first kappa shape index (κ1) is 21.3. The molecular weight excluding hydrogens is 400 g/mol. The van der Waals surface area contributed by atoms with Gasteiger partial charge in [-0.2, -0.15) is 0 Å². The van der Waals surface area contributed by atoms with Crippen molar-refractivity contribution in [3.05, 3.63) is 70.6 Å². The second-order valence-electron chi connectivity index (χ2n) is 7.87. The van der Waals surface area contributed by atoms with Gasteiger partial charge in [0.05, 0.1) is 4.91 Å². The van der Waals surface area contributed by atoms with E-state index < -0.39 is 0 Å². The minimum absolute atomic E-state index is 0.0856. The van der Waals surface area contributed by atoms with Gasteiger partial charge in [-0.3, -0.25) is 14.5 Å². The van der Waals surface area contributed by atoms with E-state index >= 15 is 0 Å². The molecule has 0 saturated carbocycles. The van der Waals surface area contributed by atoms with Crippen molar-refractivity contribution < 1.29 is 9.59 Å². The maximum atomic E-state index is 12.7. The topological polar surface area (TPSA) is 49.4 Å². The normalized spacial score (nSPS) is 15.8. The summed E-state index contributed by atoms with van der Waals surface area (Å²) in [4.78, 5) is 27.0. The Labute approximate surface area is 181 Å². The van der Waals surface area contributed by atoms with Gasteiger partial charge in [-0.05, 0) is 34.8 Å². The third-order valence-corrected chi connectivity index (χ3v) is 5.95. The first-order chi connectivity index (χ1) is 13.7. The standard InChI is InChI=1S/C23H24N2O2S2/c1-23(2,3)17-11-9-16(10-12-17)15-19-21(27)25(22(28)29-19)14-13-20(26)24-18-7-5-4-6-8-18/h4-12,15H,13-14H2,1-3H3,(H,24,26)/b19-15-. The lowest BCUT2D eigenvalue weighted by Gasteiger charge is -2.18. The largest absolute Gasteiger partial charge is 0.326 e. The van der Waals surface area contributed by atoms with Crippen LogP contribution in [0.2, 0.25) is 0 Å². The van der Waals surface area contributed by atoms with Gasteiger partial charge in [0, 0.05) is 18.7 Å². The van der Waals surface area contributed by atoms with Gasteiger partial charge in [-0.15, -0.1) is 0 Å². The van der Waals surface area contributed by atoms with E-state index in [-0.39, 0.29) is 30.2 Å². The second kappa shape index (κ2) is 8.93. The van der Waals surface area contributed by atoms with E-state index in [0.29, 0.717) is 9.23 Å². The molecule has 2 aromatic rings. The predicted molar refractivity (Wildman–Crippen MR) is 125 cm³/mol. The second-order valence-corrected chi connectivity index (χ2v) is 9.55. The molecule has 1 fully saturated rings. The minimum Gasteiger partial charge on any atom is -0.326 e. The van der Waals surface area contributed by atoms with Crippen LogP contribution in [0, 0.1) is 0 Å². The molecule has 0 atom stereocenters. The van der Waals surface area contributed by atoms with Gasteiger partial charge in [-0.25, -0.2) is 0 Å². The molecule has 3 rings (SSSR count). The van der Waals surface area contributed by atoms with Crippen molar-refractivity contribution >= 4 is 51.9 Å². The van der Waals surface area contributed by atoms with Crippen molar-refractivity contribution in [3.8, 4) is 0 Å². The zero-order chi connectivity index (χ0) is 21.0. The lowest BCUT2D eigenvalue weighted by Crippen LogP contribution is -2.31. The number of nitrogens with one attached hydrogen (secondary N) is 1. The molecule has 4 nitrogen and oxygen atoms in total. The fourth-order valence-corrected chi connectivity index (χ4v) is 4.19. The Balaban J connectivity index is 1.62. The van der Waals surface area contributed by atoms with Crippen molar-refractivity contribution in [2.24, 2.45) is 0 Å². The van der Waals surface area contributed by atoms with E-state index in [1.807, 2.05) is 48.5 Å². The van der Waals surface area contributed by atoms with Crippen molar-refractivity contribution in [2.45, 2.75) is 32.6 Å². The Morgan fingerprint density at radius 2 is 1.76 bits per heavy atom. The van der Waals surface area contributed by atoms with Crippen LogP contribution in [0.15, 0.2) is 59.5 Å². The first-order valence-electron chi connectivity index (χ1n) is 9.45. The number of thiocarbonyl (C=S) groups is 1. The fraction of sp³-hybridized carbons (Fsp3) is 0.261.